The second kappa shape index (κ2) is 9.95. The first-order valence-electron chi connectivity index (χ1n) is 12.4. The molecular formula is C27H32N6O4. The molecule has 0 spiro atoms. The van der Waals surface area contributed by atoms with Gasteiger partial charge in [0.15, 0.2) is 11.2 Å². The molecule has 0 unspecified atom stereocenters. The average molecular weight is 505 g/mol. The van der Waals surface area contributed by atoms with Gasteiger partial charge in [-0.3, -0.25) is 0 Å². The SMILES string of the molecule is COCCOC1(C(=O)O)CCC(c2nc3c(-c4cnn(-c5ccc(C)cc5)c4)cnn3c(N)c2C)CC1. The van der Waals surface area contributed by atoms with Crippen molar-refractivity contribution in [3.63, 3.8) is 0 Å². The normalized spacial score (nSPS) is 19.9. The summed E-state index contributed by atoms with van der Waals surface area (Å²) < 4.78 is 14.3. The molecule has 0 saturated heterocycles. The minimum Gasteiger partial charge on any atom is -0.479 e. The van der Waals surface area contributed by atoms with E-state index in [4.69, 9.17) is 20.2 Å². The van der Waals surface area contributed by atoms with E-state index in [1.165, 1.54) is 5.56 Å². The molecule has 1 aliphatic carbocycles. The first-order chi connectivity index (χ1) is 17.8. The summed E-state index contributed by atoms with van der Waals surface area (Å²) in [5.74, 6) is -0.321. The number of nitrogen functional groups attached to an aromatic ring is 1. The Morgan fingerprint density at radius 2 is 1.86 bits per heavy atom. The van der Waals surface area contributed by atoms with E-state index in [0.717, 1.165) is 28.1 Å². The summed E-state index contributed by atoms with van der Waals surface area (Å²) in [5, 5.41) is 18.9. The maximum Gasteiger partial charge on any atom is 0.335 e. The lowest BCUT2D eigenvalue weighted by atomic mass is 9.76. The van der Waals surface area contributed by atoms with Crippen molar-refractivity contribution < 1.29 is 19.4 Å². The number of rotatable bonds is 8. The monoisotopic (exact) mass is 504 g/mol. The number of benzene rings is 1. The molecular weight excluding hydrogens is 472 g/mol. The molecule has 194 valence electrons. The van der Waals surface area contributed by atoms with Crippen LogP contribution in [-0.2, 0) is 14.3 Å². The molecule has 0 radical (unpaired) electrons. The number of methoxy groups -OCH3 is 1. The zero-order chi connectivity index (χ0) is 26.2. The van der Waals surface area contributed by atoms with Gasteiger partial charge in [-0.05, 0) is 51.7 Å². The number of hydrogen-bond donors (Lipinski definition) is 2. The number of ether oxygens (including phenoxy) is 2. The third-order valence-electron chi connectivity index (χ3n) is 7.39. The van der Waals surface area contributed by atoms with Gasteiger partial charge in [-0.15, -0.1) is 0 Å². The van der Waals surface area contributed by atoms with E-state index >= 15 is 0 Å². The van der Waals surface area contributed by atoms with Crippen LogP contribution in [0.15, 0.2) is 42.9 Å². The topological polar surface area (TPSA) is 130 Å². The second-order valence-corrected chi connectivity index (χ2v) is 9.73. The molecule has 1 fully saturated rings. The summed E-state index contributed by atoms with van der Waals surface area (Å²) in [5.41, 5.74) is 11.6. The average Bonchev–Trinajstić information content (AvgIpc) is 3.55. The molecule has 10 nitrogen and oxygen atoms in total. The Bertz CT molecular complexity index is 1420. The molecule has 0 atom stereocenters. The van der Waals surface area contributed by atoms with Crippen LogP contribution in [0, 0.1) is 13.8 Å². The number of nitrogens with two attached hydrogens (primary N) is 1. The number of hydrogen-bond acceptors (Lipinski definition) is 7. The maximum absolute atomic E-state index is 12.1. The molecule has 10 heteroatoms. The highest BCUT2D eigenvalue weighted by Gasteiger charge is 2.44. The Morgan fingerprint density at radius 1 is 1.14 bits per heavy atom. The molecule has 3 heterocycles. The summed E-state index contributed by atoms with van der Waals surface area (Å²) in [6, 6.07) is 8.16. The lowest BCUT2D eigenvalue weighted by molar-refractivity contribution is -0.173. The number of fused-ring (bicyclic) bond motifs is 1. The minimum atomic E-state index is -1.19. The first-order valence-corrected chi connectivity index (χ1v) is 12.4. The van der Waals surface area contributed by atoms with Gasteiger partial charge in [0.2, 0.25) is 0 Å². The van der Waals surface area contributed by atoms with E-state index in [9.17, 15) is 9.90 Å². The highest BCUT2D eigenvalue weighted by molar-refractivity contribution is 5.79. The number of carbonyl (C=O) groups is 1. The Hall–Kier alpha value is -3.76. The highest BCUT2D eigenvalue weighted by Crippen LogP contribution is 2.42. The van der Waals surface area contributed by atoms with E-state index in [-0.39, 0.29) is 12.5 Å². The van der Waals surface area contributed by atoms with E-state index in [0.29, 0.717) is 43.8 Å². The molecule has 1 aromatic carbocycles. The number of carboxylic acids is 1. The molecule has 3 N–H and O–H groups in total. The van der Waals surface area contributed by atoms with Crippen LogP contribution in [-0.4, -0.2) is 61.4 Å². The number of carboxylic acid groups (broad SMARTS) is 1. The molecule has 1 saturated carbocycles. The van der Waals surface area contributed by atoms with Crippen molar-refractivity contribution in [2.24, 2.45) is 0 Å². The summed E-state index contributed by atoms with van der Waals surface area (Å²) >= 11 is 0. The number of anilines is 1. The summed E-state index contributed by atoms with van der Waals surface area (Å²) in [7, 11) is 1.57. The van der Waals surface area contributed by atoms with Crippen LogP contribution in [0.1, 0.15) is 48.4 Å². The van der Waals surface area contributed by atoms with Crippen molar-refractivity contribution in [1.29, 1.82) is 0 Å². The van der Waals surface area contributed by atoms with Gasteiger partial charge in [-0.1, -0.05) is 17.7 Å². The van der Waals surface area contributed by atoms with Crippen molar-refractivity contribution in [3.8, 4) is 16.8 Å². The molecule has 1 aliphatic rings. The van der Waals surface area contributed by atoms with Gasteiger partial charge in [-0.25, -0.2) is 14.5 Å². The van der Waals surface area contributed by atoms with Crippen molar-refractivity contribution in [1.82, 2.24) is 24.4 Å². The Balaban J connectivity index is 1.44. The third-order valence-corrected chi connectivity index (χ3v) is 7.39. The van der Waals surface area contributed by atoms with Gasteiger partial charge in [0.1, 0.15) is 5.82 Å². The van der Waals surface area contributed by atoms with Crippen molar-refractivity contribution in [3.05, 3.63) is 59.7 Å². The Labute approximate surface area is 215 Å². The Morgan fingerprint density at radius 3 is 2.54 bits per heavy atom. The van der Waals surface area contributed by atoms with Crippen LogP contribution in [0.2, 0.25) is 0 Å². The molecule has 0 aliphatic heterocycles. The summed E-state index contributed by atoms with van der Waals surface area (Å²) in [4.78, 5) is 17.1. The fourth-order valence-electron chi connectivity index (χ4n) is 5.11. The van der Waals surface area contributed by atoms with Gasteiger partial charge in [-0.2, -0.15) is 14.7 Å². The van der Waals surface area contributed by atoms with E-state index < -0.39 is 11.6 Å². The number of aliphatic carboxylic acids is 1. The summed E-state index contributed by atoms with van der Waals surface area (Å²) in [6.07, 6.45) is 7.59. The fraction of sp³-hybridized carbons (Fsp3) is 0.407. The lowest BCUT2D eigenvalue weighted by Crippen LogP contribution is -2.45. The number of nitrogens with zero attached hydrogens (tertiary/aromatic N) is 5. The maximum atomic E-state index is 12.1. The van der Waals surface area contributed by atoms with Gasteiger partial charge >= 0.3 is 5.97 Å². The molecule has 37 heavy (non-hydrogen) atoms. The molecule has 4 aromatic rings. The van der Waals surface area contributed by atoms with Crippen molar-refractivity contribution in [2.45, 2.75) is 51.0 Å². The van der Waals surface area contributed by atoms with E-state index in [2.05, 4.69) is 29.3 Å². The largest absolute Gasteiger partial charge is 0.479 e. The molecule has 3 aromatic heterocycles. The van der Waals surface area contributed by atoms with Crippen LogP contribution < -0.4 is 5.73 Å². The van der Waals surface area contributed by atoms with E-state index in [1.807, 2.05) is 29.9 Å². The van der Waals surface area contributed by atoms with Gasteiger partial charge in [0.25, 0.3) is 0 Å². The van der Waals surface area contributed by atoms with Crippen molar-refractivity contribution in [2.75, 3.05) is 26.1 Å². The highest BCUT2D eigenvalue weighted by atomic mass is 16.5. The smallest absolute Gasteiger partial charge is 0.335 e. The van der Waals surface area contributed by atoms with Gasteiger partial charge < -0.3 is 20.3 Å². The van der Waals surface area contributed by atoms with Crippen LogP contribution in [0.4, 0.5) is 5.82 Å². The van der Waals surface area contributed by atoms with Crippen LogP contribution in [0.3, 0.4) is 0 Å². The molecule has 0 amide bonds. The van der Waals surface area contributed by atoms with Crippen LogP contribution >= 0.6 is 0 Å². The van der Waals surface area contributed by atoms with E-state index in [1.54, 1.807) is 24.0 Å². The zero-order valence-electron chi connectivity index (χ0n) is 21.3. The fourth-order valence-corrected chi connectivity index (χ4v) is 5.11. The lowest BCUT2D eigenvalue weighted by Gasteiger charge is -2.37. The quantitative estimate of drug-likeness (QED) is 0.345. The predicted octanol–water partition coefficient (Wildman–Crippen LogP) is 3.93. The third kappa shape index (κ3) is 4.58. The first kappa shape index (κ1) is 24.9. The predicted molar refractivity (Wildman–Crippen MR) is 139 cm³/mol. The van der Waals surface area contributed by atoms with Crippen molar-refractivity contribution >= 4 is 17.4 Å². The second-order valence-electron chi connectivity index (χ2n) is 9.73. The minimum absolute atomic E-state index is 0.0730. The van der Waals surface area contributed by atoms with Gasteiger partial charge in [0, 0.05) is 35.9 Å². The number of aromatic nitrogens is 5. The zero-order valence-corrected chi connectivity index (χ0v) is 21.3. The summed E-state index contributed by atoms with van der Waals surface area (Å²) in [6.45, 7) is 4.60. The van der Waals surface area contributed by atoms with Gasteiger partial charge in [0.05, 0.1) is 37.0 Å². The Kier molecular flexibility index (Phi) is 6.70. The standard InChI is InChI=1S/C27H32N6O4/c1-17-4-6-21(7-5-17)32-16-20(14-29-32)22-15-30-33-24(28)18(2)23(31-25(22)33)19-8-10-27(11-9-19,26(34)35)37-13-12-36-3/h4-7,14-16,19H,8-13,28H2,1-3H3,(H,34,35). The molecule has 0 bridgehead atoms. The van der Waals surface area contributed by atoms with Crippen LogP contribution in [0.25, 0.3) is 22.5 Å². The molecule has 5 rings (SSSR count). The number of aryl methyl sites for hydroxylation is 1. The van der Waals surface area contributed by atoms with Crippen LogP contribution in [0.5, 0.6) is 0 Å².